The minimum absolute atomic E-state index is 0.0757. The molecule has 0 aromatic carbocycles. The van der Waals surface area contributed by atoms with Gasteiger partial charge < -0.3 is 20.4 Å². The number of carboxylic acids is 1. The van der Waals surface area contributed by atoms with Gasteiger partial charge in [-0.2, -0.15) is 0 Å². The molecule has 9 heteroatoms. The van der Waals surface area contributed by atoms with E-state index < -0.39 is 40.0 Å². The molecule has 0 aromatic rings. The molecule has 2 saturated heterocycles. The number of aliphatic carboxylic acids is 1. The van der Waals surface area contributed by atoms with Crippen molar-refractivity contribution in [2.75, 3.05) is 0 Å². The number of hydrogen-bond donors (Lipinski definition) is 4. The molecule has 0 saturated carbocycles. The van der Waals surface area contributed by atoms with E-state index in [4.69, 9.17) is 5.41 Å². The molecule has 0 unspecified atom stereocenters. The molecule has 2 fully saturated rings. The van der Waals surface area contributed by atoms with Crippen molar-refractivity contribution >= 4 is 35.3 Å². The van der Waals surface area contributed by atoms with Gasteiger partial charge in [-0.15, -0.1) is 11.8 Å². The quantitative estimate of drug-likeness (QED) is 0.239. The first-order valence-electron chi connectivity index (χ1n) is 8.94. The average Bonchev–Trinajstić information content (AvgIpc) is 2.88. The van der Waals surface area contributed by atoms with E-state index in [1.54, 1.807) is 26.0 Å². The molecule has 0 bridgehead atoms. The molecule has 1 aliphatic carbocycles. The topological polar surface area (TPSA) is 131 Å². The predicted molar refractivity (Wildman–Crippen MR) is 105 cm³/mol. The number of fused-ring (bicyclic) bond motifs is 1. The van der Waals surface area contributed by atoms with Crippen LogP contribution in [0.15, 0.2) is 35.1 Å². The van der Waals surface area contributed by atoms with Crippen molar-refractivity contribution in [1.82, 2.24) is 10.2 Å². The Bertz CT molecular complexity index is 854. The second kappa shape index (κ2) is 7.12. The van der Waals surface area contributed by atoms with Crippen LogP contribution in [-0.4, -0.2) is 60.8 Å². The summed E-state index contributed by atoms with van der Waals surface area (Å²) in [5.41, 5.74) is 0.378. The molecule has 2 amide bonds. The van der Waals surface area contributed by atoms with E-state index in [0.717, 1.165) is 6.42 Å². The van der Waals surface area contributed by atoms with Crippen LogP contribution in [0.25, 0.3) is 0 Å². The van der Waals surface area contributed by atoms with Gasteiger partial charge in [0.1, 0.15) is 28.8 Å². The number of nitrogens with zero attached hydrogens (tertiary/aromatic N) is 1. The zero-order valence-corrected chi connectivity index (χ0v) is 16.7. The Morgan fingerprint density at radius 1 is 1.36 bits per heavy atom. The number of carboxylic acid groups (broad SMARTS) is 1. The van der Waals surface area contributed by atoms with Gasteiger partial charge in [0, 0.05) is 4.75 Å². The molecule has 8 nitrogen and oxygen atoms in total. The fourth-order valence-corrected chi connectivity index (χ4v) is 5.41. The number of aliphatic hydroxyl groups excluding tert-OH is 1. The Morgan fingerprint density at radius 3 is 2.57 bits per heavy atom. The fourth-order valence-electron chi connectivity index (χ4n) is 3.79. The van der Waals surface area contributed by atoms with Crippen LogP contribution in [-0.2, 0) is 14.4 Å². The molecule has 2 aliphatic heterocycles. The highest BCUT2D eigenvalue weighted by atomic mass is 32.2. The third kappa shape index (κ3) is 3.23. The summed E-state index contributed by atoms with van der Waals surface area (Å²) in [4.78, 5) is 38.2. The number of hydrogen-bond acceptors (Lipinski definition) is 6. The second-order valence-corrected chi connectivity index (χ2v) is 9.31. The minimum atomic E-state index is -1.08. The second-order valence-electron chi connectivity index (χ2n) is 7.54. The van der Waals surface area contributed by atoms with Crippen molar-refractivity contribution in [3.8, 4) is 0 Å². The van der Waals surface area contributed by atoms with Crippen molar-refractivity contribution in [2.24, 2.45) is 0 Å². The van der Waals surface area contributed by atoms with E-state index in [1.165, 1.54) is 23.6 Å². The Labute approximate surface area is 166 Å². The third-order valence-electron chi connectivity index (χ3n) is 5.14. The van der Waals surface area contributed by atoms with Gasteiger partial charge in [0.15, 0.2) is 0 Å². The van der Waals surface area contributed by atoms with Crippen LogP contribution in [0.1, 0.15) is 33.6 Å². The first-order valence-corrected chi connectivity index (χ1v) is 9.82. The molecule has 4 N–H and O–H groups in total. The predicted octanol–water partition coefficient (Wildman–Crippen LogP) is 1.75. The Hall–Kier alpha value is -2.55. The summed E-state index contributed by atoms with van der Waals surface area (Å²) in [6.45, 7) is 4.83. The highest BCUT2D eigenvalue weighted by Gasteiger charge is 2.64. The van der Waals surface area contributed by atoms with Gasteiger partial charge in [-0.25, -0.2) is 4.79 Å². The number of aliphatic hydroxyl groups is 1. The lowest BCUT2D eigenvalue weighted by molar-refractivity contribution is -0.160. The van der Waals surface area contributed by atoms with Crippen molar-refractivity contribution < 1.29 is 24.6 Å². The molecule has 3 aliphatic rings. The normalized spacial score (nSPS) is 28.7. The maximum absolute atomic E-state index is 12.8. The SMILES string of the molecule is C/C(O)=C(/C(=N)C1=CC=CCC1)C(=O)N[C@@H]1C(=O)N2[C@@H]1SC(C)(C)[C@@H]2C(=O)O. The van der Waals surface area contributed by atoms with Crippen LogP contribution in [0.4, 0.5) is 0 Å². The molecular formula is C19H23N3O5S. The van der Waals surface area contributed by atoms with E-state index in [0.29, 0.717) is 12.0 Å². The van der Waals surface area contributed by atoms with E-state index in [2.05, 4.69) is 5.32 Å². The van der Waals surface area contributed by atoms with Crippen molar-refractivity contribution in [1.29, 1.82) is 5.41 Å². The minimum Gasteiger partial charge on any atom is -0.512 e. The Balaban J connectivity index is 1.78. The average molecular weight is 405 g/mol. The van der Waals surface area contributed by atoms with Crippen LogP contribution < -0.4 is 5.32 Å². The Kier molecular flexibility index (Phi) is 5.14. The highest BCUT2D eigenvalue weighted by Crippen LogP contribution is 2.50. The molecule has 0 spiro atoms. The molecule has 3 atom stereocenters. The number of allylic oxidation sites excluding steroid dienone is 5. The van der Waals surface area contributed by atoms with Gasteiger partial charge in [-0.3, -0.25) is 15.0 Å². The summed E-state index contributed by atoms with van der Waals surface area (Å²) >= 11 is 1.32. The molecule has 0 aromatic heterocycles. The molecule has 3 rings (SSSR count). The van der Waals surface area contributed by atoms with E-state index in [9.17, 15) is 24.6 Å². The van der Waals surface area contributed by atoms with Crippen molar-refractivity contribution in [2.45, 2.75) is 55.8 Å². The lowest BCUT2D eigenvalue weighted by atomic mass is 9.93. The monoisotopic (exact) mass is 405 g/mol. The number of carbonyl (C=O) groups is 3. The molecule has 28 heavy (non-hydrogen) atoms. The lowest BCUT2D eigenvalue weighted by Gasteiger charge is -2.43. The van der Waals surface area contributed by atoms with Gasteiger partial charge in [-0.1, -0.05) is 18.2 Å². The smallest absolute Gasteiger partial charge is 0.327 e. The summed E-state index contributed by atoms with van der Waals surface area (Å²) in [5, 5.41) is 29.9. The third-order valence-corrected chi connectivity index (χ3v) is 6.71. The van der Waals surface area contributed by atoms with Crippen LogP contribution in [0.3, 0.4) is 0 Å². The van der Waals surface area contributed by atoms with Gasteiger partial charge in [0.25, 0.3) is 5.91 Å². The van der Waals surface area contributed by atoms with Crippen LogP contribution in [0, 0.1) is 5.41 Å². The molecule has 150 valence electrons. The van der Waals surface area contributed by atoms with Gasteiger partial charge >= 0.3 is 5.97 Å². The zero-order chi connectivity index (χ0) is 20.8. The first kappa shape index (κ1) is 20.2. The lowest BCUT2D eigenvalue weighted by Crippen LogP contribution is -2.70. The largest absolute Gasteiger partial charge is 0.512 e. The number of carbonyl (C=O) groups excluding carboxylic acids is 2. The van der Waals surface area contributed by atoms with Crippen molar-refractivity contribution in [3.63, 3.8) is 0 Å². The van der Waals surface area contributed by atoms with E-state index >= 15 is 0 Å². The van der Waals surface area contributed by atoms with Crippen LogP contribution in [0.2, 0.25) is 0 Å². The summed E-state index contributed by atoms with van der Waals surface area (Å²) in [7, 11) is 0. The van der Waals surface area contributed by atoms with Crippen molar-refractivity contribution in [3.05, 3.63) is 35.1 Å². The van der Waals surface area contributed by atoms with Crippen LogP contribution in [0.5, 0.6) is 0 Å². The number of rotatable bonds is 5. The summed E-state index contributed by atoms with van der Waals surface area (Å²) < 4.78 is -0.691. The maximum Gasteiger partial charge on any atom is 0.327 e. The zero-order valence-electron chi connectivity index (χ0n) is 15.9. The maximum atomic E-state index is 12.8. The number of nitrogens with one attached hydrogen (secondary N) is 2. The van der Waals surface area contributed by atoms with Gasteiger partial charge in [0.2, 0.25) is 5.91 Å². The number of β-lactam (4-membered cyclic amide) rings is 1. The first-order chi connectivity index (χ1) is 13.1. The number of amides is 2. The number of thioether (sulfide) groups is 1. The standard InChI is InChI=1S/C19H23N3O5S/c1-9(23)11(12(20)10-7-5-4-6-8-10)15(24)21-13-16(25)22-14(18(26)27)19(2,3)28-17(13)22/h4-5,7,13-14,17,20,23H,6,8H2,1-3H3,(H,21,24)(H,26,27)/b11-9+,20-12?/t13-,14+,17-/m1/s1. The summed E-state index contributed by atoms with van der Waals surface area (Å²) in [5.74, 6) is -2.56. The summed E-state index contributed by atoms with van der Waals surface area (Å²) in [6.07, 6.45) is 6.80. The van der Waals surface area contributed by atoms with Gasteiger partial charge in [0.05, 0.1) is 5.71 Å². The van der Waals surface area contributed by atoms with E-state index in [-0.39, 0.29) is 17.0 Å². The molecule has 0 radical (unpaired) electrons. The molecule has 2 heterocycles. The van der Waals surface area contributed by atoms with Crippen LogP contribution >= 0.6 is 11.8 Å². The fraction of sp³-hybridized carbons (Fsp3) is 0.474. The highest BCUT2D eigenvalue weighted by molar-refractivity contribution is 8.01. The van der Waals surface area contributed by atoms with E-state index in [1.807, 2.05) is 6.08 Å². The summed E-state index contributed by atoms with van der Waals surface area (Å²) in [6, 6.07) is -1.85. The molecular weight excluding hydrogens is 382 g/mol. The van der Waals surface area contributed by atoms with Gasteiger partial charge in [-0.05, 0) is 39.2 Å². The Morgan fingerprint density at radius 2 is 2.04 bits per heavy atom.